The van der Waals surface area contributed by atoms with E-state index >= 15 is 0 Å². The van der Waals surface area contributed by atoms with Gasteiger partial charge >= 0.3 is 0 Å². The minimum absolute atomic E-state index is 0.110. The van der Waals surface area contributed by atoms with Crippen LogP contribution in [0.2, 0.25) is 0 Å². The molecular formula is C14H21N3O. The van der Waals surface area contributed by atoms with Gasteiger partial charge in [0.15, 0.2) is 0 Å². The highest BCUT2D eigenvalue weighted by molar-refractivity contribution is 5.93. The Balaban J connectivity index is 2.01. The second-order valence-corrected chi connectivity index (χ2v) is 5.05. The van der Waals surface area contributed by atoms with Crippen LogP contribution in [0.3, 0.4) is 0 Å². The summed E-state index contributed by atoms with van der Waals surface area (Å²) in [6, 6.07) is 4.28. The highest BCUT2D eigenvalue weighted by Gasteiger charge is 2.21. The molecule has 1 amide bonds. The number of nitrogens with one attached hydrogen (secondary N) is 2. The van der Waals surface area contributed by atoms with Crippen molar-refractivity contribution in [2.75, 3.05) is 11.9 Å². The molecule has 4 nitrogen and oxygen atoms in total. The van der Waals surface area contributed by atoms with Gasteiger partial charge in [0.2, 0.25) is 0 Å². The van der Waals surface area contributed by atoms with Crippen molar-refractivity contribution < 1.29 is 4.79 Å². The Kier molecular flexibility index (Phi) is 4.18. The number of aromatic nitrogens is 1. The van der Waals surface area contributed by atoms with Gasteiger partial charge in [-0.3, -0.25) is 9.78 Å². The van der Waals surface area contributed by atoms with Crippen LogP contribution in [0.5, 0.6) is 0 Å². The third-order valence-corrected chi connectivity index (χ3v) is 3.40. The first kappa shape index (κ1) is 12.9. The van der Waals surface area contributed by atoms with E-state index in [1.807, 2.05) is 19.1 Å². The maximum Gasteiger partial charge on any atom is 0.269 e. The van der Waals surface area contributed by atoms with Gasteiger partial charge in [0.25, 0.3) is 5.91 Å². The maximum atomic E-state index is 11.7. The summed E-state index contributed by atoms with van der Waals surface area (Å²) in [4.78, 5) is 15.8. The molecule has 1 saturated carbocycles. The molecular weight excluding hydrogens is 226 g/mol. The fourth-order valence-corrected chi connectivity index (χ4v) is 2.47. The zero-order valence-electron chi connectivity index (χ0n) is 11.1. The number of pyridine rings is 1. The lowest BCUT2D eigenvalue weighted by Gasteiger charge is -2.14. The third kappa shape index (κ3) is 3.22. The minimum Gasteiger partial charge on any atom is -0.382 e. The zero-order chi connectivity index (χ0) is 13.0. The molecule has 1 fully saturated rings. The molecule has 0 bridgehead atoms. The molecule has 2 rings (SSSR count). The van der Waals surface area contributed by atoms with Crippen molar-refractivity contribution in [2.24, 2.45) is 5.92 Å². The fourth-order valence-electron chi connectivity index (χ4n) is 2.47. The van der Waals surface area contributed by atoms with E-state index < -0.39 is 0 Å². The Labute approximate surface area is 108 Å². The third-order valence-electron chi connectivity index (χ3n) is 3.40. The lowest BCUT2D eigenvalue weighted by atomic mass is 10.1. The van der Waals surface area contributed by atoms with Gasteiger partial charge in [0, 0.05) is 24.5 Å². The Morgan fingerprint density at radius 3 is 3.00 bits per heavy atom. The van der Waals surface area contributed by atoms with E-state index in [4.69, 9.17) is 0 Å². The number of carbonyl (C=O) groups excluding carboxylic acids is 1. The molecule has 1 heterocycles. The Morgan fingerprint density at radius 2 is 2.33 bits per heavy atom. The lowest BCUT2D eigenvalue weighted by Crippen LogP contribution is -2.24. The second-order valence-electron chi connectivity index (χ2n) is 5.05. The van der Waals surface area contributed by atoms with Gasteiger partial charge in [-0.05, 0) is 44.2 Å². The number of nitrogens with zero attached hydrogens (tertiary/aromatic N) is 1. The quantitative estimate of drug-likeness (QED) is 0.859. The molecule has 0 aromatic carbocycles. The number of carbonyl (C=O) groups is 1. The molecule has 4 heteroatoms. The van der Waals surface area contributed by atoms with Gasteiger partial charge in [0.1, 0.15) is 5.69 Å². The first-order chi connectivity index (χ1) is 8.69. The molecule has 18 heavy (non-hydrogen) atoms. The lowest BCUT2D eigenvalue weighted by molar-refractivity contribution is 0.0951. The number of hydrogen-bond donors (Lipinski definition) is 2. The molecule has 0 saturated heterocycles. The zero-order valence-corrected chi connectivity index (χ0v) is 11.1. The van der Waals surface area contributed by atoms with Crippen LogP contribution in [0.1, 0.15) is 43.6 Å². The molecule has 1 aromatic heterocycles. The van der Waals surface area contributed by atoms with Gasteiger partial charge in [-0.2, -0.15) is 0 Å². The predicted octanol–water partition coefficient (Wildman–Crippen LogP) is 2.43. The highest BCUT2D eigenvalue weighted by atomic mass is 16.1. The normalized spacial score (nSPS) is 22.8. The van der Waals surface area contributed by atoms with Crippen molar-refractivity contribution in [1.82, 2.24) is 10.3 Å². The average molecular weight is 247 g/mol. The summed E-state index contributed by atoms with van der Waals surface area (Å²) in [5.41, 5.74) is 1.47. The standard InChI is InChI=1S/C14H21N3O/c1-3-15-14(18)13-9-12(6-7-16-13)17-11-5-4-10(2)8-11/h6-7,9-11H,3-5,8H2,1-2H3,(H,15,18)(H,16,17). The van der Waals surface area contributed by atoms with Crippen LogP contribution in [0.25, 0.3) is 0 Å². The van der Waals surface area contributed by atoms with Crippen LogP contribution in [0.4, 0.5) is 5.69 Å². The molecule has 0 radical (unpaired) electrons. The summed E-state index contributed by atoms with van der Waals surface area (Å²) in [6.07, 6.45) is 5.38. The van der Waals surface area contributed by atoms with E-state index in [-0.39, 0.29) is 5.91 Å². The van der Waals surface area contributed by atoms with E-state index in [1.54, 1.807) is 6.20 Å². The fraction of sp³-hybridized carbons (Fsp3) is 0.571. The summed E-state index contributed by atoms with van der Waals surface area (Å²) < 4.78 is 0. The first-order valence-corrected chi connectivity index (χ1v) is 6.69. The molecule has 2 unspecified atom stereocenters. The highest BCUT2D eigenvalue weighted by Crippen LogP contribution is 2.27. The van der Waals surface area contributed by atoms with Crippen LogP contribution in [-0.2, 0) is 0 Å². The number of hydrogen-bond acceptors (Lipinski definition) is 3. The molecule has 1 aromatic rings. The van der Waals surface area contributed by atoms with Gasteiger partial charge in [0.05, 0.1) is 0 Å². The monoisotopic (exact) mass is 247 g/mol. The van der Waals surface area contributed by atoms with Crippen LogP contribution in [-0.4, -0.2) is 23.5 Å². The van der Waals surface area contributed by atoms with Crippen molar-refractivity contribution in [3.8, 4) is 0 Å². The second kappa shape index (κ2) is 5.85. The van der Waals surface area contributed by atoms with Gasteiger partial charge < -0.3 is 10.6 Å². The summed E-state index contributed by atoms with van der Waals surface area (Å²) in [5.74, 6) is 0.688. The molecule has 98 valence electrons. The Morgan fingerprint density at radius 1 is 1.50 bits per heavy atom. The van der Waals surface area contributed by atoms with E-state index in [9.17, 15) is 4.79 Å². The molecule has 0 spiro atoms. The van der Waals surface area contributed by atoms with Crippen molar-refractivity contribution in [3.63, 3.8) is 0 Å². The summed E-state index contributed by atoms with van der Waals surface area (Å²) >= 11 is 0. The topological polar surface area (TPSA) is 54.0 Å². The average Bonchev–Trinajstić information content (AvgIpc) is 2.75. The van der Waals surface area contributed by atoms with Crippen molar-refractivity contribution in [1.29, 1.82) is 0 Å². The maximum absolute atomic E-state index is 11.7. The van der Waals surface area contributed by atoms with Crippen LogP contribution < -0.4 is 10.6 Å². The minimum atomic E-state index is -0.110. The predicted molar refractivity (Wildman–Crippen MR) is 72.7 cm³/mol. The Hall–Kier alpha value is -1.58. The number of rotatable bonds is 4. The SMILES string of the molecule is CCNC(=O)c1cc(NC2CCC(C)C2)ccn1. The molecule has 0 aliphatic heterocycles. The summed E-state index contributed by atoms with van der Waals surface area (Å²) in [6.45, 7) is 4.81. The van der Waals surface area contributed by atoms with Crippen LogP contribution in [0.15, 0.2) is 18.3 Å². The van der Waals surface area contributed by atoms with Crippen molar-refractivity contribution in [3.05, 3.63) is 24.0 Å². The summed E-state index contributed by atoms with van der Waals surface area (Å²) in [7, 11) is 0. The Bertz CT molecular complexity index is 419. The van der Waals surface area contributed by atoms with Crippen LogP contribution >= 0.6 is 0 Å². The van der Waals surface area contributed by atoms with E-state index in [0.717, 1.165) is 11.6 Å². The molecule has 2 atom stereocenters. The number of anilines is 1. The molecule has 1 aliphatic rings. The van der Waals surface area contributed by atoms with E-state index in [0.29, 0.717) is 18.3 Å². The first-order valence-electron chi connectivity index (χ1n) is 6.69. The summed E-state index contributed by atoms with van der Waals surface area (Å²) in [5, 5.41) is 6.25. The molecule has 1 aliphatic carbocycles. The van der Waals surface area contributed by atoms with Crippen molar-refractivity contribution >= 4 is 11.6 Å². The van der Waals surface area contributed by atoms with E-state index in [1.165, 1.54) is 19.3 Å². The molecule has 2 N–H and O–H groups in total. The van der Waals surface area contributed by atoms with Crippen molar-refractivity contribution in [2.45, 2.75) is 39.2 Å². The number of amides is 1. The van der Waals surface area contributed by atoms with Gasteiger partial charge in [-0.25, -0.2) is 0 Å². The van der Waals surface area contributed by atoms with Gasteiger partial charge in [-0.1, -0.05) is 6.92 Å². The van der Waals surface area contributed by atoms with Gasteiger partial charge in [-0.15, -0.1) is 0 Å². The van der Waals surface area contributed by atoms with Crippen LogP contribution in [0, 0.1) is 5.92 Å². The van der Waals surface area contributed by atoms with E-state index in [2.05, 4.69) is 22.5 Å². The largest absolute Gasteiger partial charge is 0.382 e. The smallest absolute Gasteiger partial charge is 0.269 e.